The Bertz CT molecular complexity index is 1670. The lowest BCUT2D eigenvalue weighted by atomic mass is 9.76. The van der Waals surface area contributed by atoms with E-state index in [1.165, 1.54) is 40.1 Å². The lowest BCUT2D eigenvalue weighted by Crippen LogP contribution is -2.17. The number of nitro groups is 1. The standard InChI is InChI=1S/C43H57N3O2/c1-39(2,3)29-18-27(19-30(22-29)40(4,5)6)34-24-33(43(13,14)15)25-35(38(34)45-36-26-44-17-16-37(36)46(47)48)28-20-31(41(7,8)9)23-32(21-28)42(10,11)12/h16-26,45H,1-15H3. The Labute approximate surface area is 289 Å². The van der Waals surface area contributed by atoms with Gasteiger partial charge in [-0.1, -0.05) is 140 Å². The summed E-state index contributed by atoms with van der Waals surface area (Å²) in [5, 5.41) is 15.9. The van der Waals surface area contributed by atoms with Crippen molar-refractivity contribution >= 4 is 17.1 Å². The first-order valence-electron chi connectivity index (χ1n) is 17.1. The molecule has 0 fully saturated rings. The van der Waals surface area contributed by atoms with Crippen LogP contribution in [0.3, 0.4) is 0 Å². The summed E-state index contributed by atoms with van der Waals surface area (Å²) in [5.74, 6) is 0. The lowest BCUT2D eigenvalue weighted by molar-refractivity contribution is -0.384. The van der Waals surface area contributed by atoms with Crippen LogP contribution < -0.4 is 5.32 Å². The number of hydrogen-bond donors (Lipinski definition) is 1. The molecule has 0 aliphatic rings. The number of pyridine rings is 1. The molecule has 4 rings (SSSR count). The van der Waals surface area contributed by atoms with Gasteiger partial charge in [-0.3, -0.25) is 15.1 Å². The number of anilines is 2. The molecule has 0 saturated heterocycles. The van der Waals surface area contributed by atoms with E-state index in [2.05, 4.69) is 163 Å². The van der Waals surface area contributed by atoms with Gasteiger partial charge in [-0.15, -0.1) is 0 Å². The Morgan fingerprint density at radius 2 is 0.875 bits per heavy atom. The van der Waals surface area contributed by atoms with Gasteiger partial charge in [0.25, 0.3) is 5.69 Å². The van der Waals surface area contributed by atoms with Crippen LogP contribution in [0.5, 0.6) is 0 Å². The normalized spacial score (nSPS) is 13.1. The molecule has 5 nitrogen and oxygen atoms in total. The molecule has 48 heavy (non-hydrogen) atoms. The van der Waals surface area contributed by atoms with Crippen molar-refractivity contribution in [3.63, 3.8) is 0 Å². The molecule has 5 heteroatoms. The molecule has 0 bridgehead atoms. The van der Waals surface area contributed by atoms with E-state index in [9.17, 15) is 10.1 Å². The van der Waals surface area contributed by atoms with E-state index >= 15 is 0 Å². The Kier molecular flexibility index (Phi) is 9.57. The molecule has 0 saturated carbocycles. The molecular weight excluding hydrogens is 590 g/mol. The van der Waals surface area contributed by atoms with Gasteiger partial charge in [0.05, 0.1) is 16.8 Å². The fourth-order valence-corrected chi connectivity index (χ4v) is 5.74. The Balaban J connectivity index is 2.26. The van der Waals surface area contributed by atoms with E-state index < -0.39 is 0 Å². The van der Waals surface area contributed by atoms with E-state index in [0.29, 0.717) is 5.69 Å². The summed E-state index contributed by atoms with van der Waals surface area (Å²) >= 11 is 0. The number of nitrogens with zero attached hydrogens (tertiary/aromatic N) is 2. The quantitative estimate of drug-likeness (QED) is 0.173. The summed E-state index contributed by atoms with van der Waals surface area (Å²) in [6.45, 7) is 33.7. The summed E-state index contributed by atoms with van der Waals surface area (Å²) in [5.41, 5.74) is 11.0. The first-order chi connectivity index (χ1) is 21.8. The second-order valence-electron chi connectivity index (χ2n) is 18.6. The van der Waals surface area contributed by atoms with Crippen LogP contribution in [0, 0.1) is 10.1 Å². The average Bonchev–Trinajstić information content (AvgIpc) is 2.94. The highest BCUT2D eigenvalue weighted by Gasteiger charge is 2.28. The van der Waals surface area contributed by atoms with Gasteiger partial charge in [0.2, 0.25) is 0 Å². The van der Waals surface area contributed by atoms with Crippen LogP contribution in [0.25, 0.3) is 22.3 Å². The predicted octanol–water partition coefficient (Wildman–Crippen LogP) is 12.6. The minimum Gasteiger partial charge on any atom is -0.348 e. The summed E-state index contributed by atoms with van der Waals surface area (Å²) in [4.78, 5) is 16.2. The van der Waals surface area contributed by atoms with Crippen LogP contribution in [0.4, 0.5) is 17.1 Å². The summed E-state index contributed by atoms with van der Waals surface area (Å²) in [6.07, 6.45) is 3.03. The molecule has 0 atom stereocenters. The third kappa shape index (κ3) is 8.17. The van der Waals surface area contributed by atoms with Crippen molar-refractivity contribution in [1.82, 2.24) is 4.98 Å². The third-order valence-corrected chi connectivity index (χ3v) is 9.21. The summed E-state index contributed by atoms with van der Waals surface area (Å²) < 4.78 is 0. The Hall–Kier alpha value is -3.99. The van der Waals surface area contributed by atoms with Gasteiger partial charge in [-0.2, -0.15) is 0 Å². The fraction of sp³-hybridized carbons (Fsp3) is 0.465. The van der Waals surface area contributed by atoms with Crippen molar-refractivity contribution in [1.29, 1.82) is 0 Å². The molecule has 0 aliphatic heterocycles. The molecular formula is C43H57N3O2. The predicted molar refractivity (Wildman–Crippen MR) is 205 cm³/mol. The van der Waals surface area contributed by atoms with Crippen molar-refractivity contribution < 1.29 is 4.92 Å². The molecule has 0 radical (unpaired) electrons. The lowest BCUT2D eigenvalue weighted by Gasteiger charge is -2.30. The molecule has 0 unspecified atom stereocenters. The molecule has 0 aliphatic carbocycles. The fourth-order valence-electron chi connectivity index (χ4n) is 5.74. The number of benzene rings is 3. The maximum absolute atomic E-state index is 12.3. The number of hydrogen-bond acceptors (Lipinski definition) is 4. The molecule has 1 aromatic heterocycles. The van der Waals surface area contributed by atoms with E-state index in [0.717, 1.165) is 27.9 Å². The Morgan fingerprint density at radius 1 is 0.542 bits per heavy atom. The molecule has 0 spiro atoms. The maximum atomic E-state index is 12.3. The van der Waals surface area contributed by atoms with Gasteiger partial charge in [0.15, 0.2) is 0 Å². The van der Waals surface area contributed by atoms with Gasteiger partial charge in [0.1, 0.15) is 5.69 Å². The van der Waals surface area contributed by atoms with Gasteiger partial charge in [-0.05, 0) is 78.2 Å². The molecule has 256 valence electrons. The average molecular weight is 648 g/mol. The third-order valence-electron chi connectivity index (χ3n) is 9.21. The van der Waals surface area contributed by atoms with Crippen LogP contribution in [0.2, 0.25) is 0 Å². The highest BCUT2D eigenvalue weighted by molar-refractivity contribution is 5.95. The maximum Gasteiger partial charge on any atom is 0.295 e. The minimum atomic E-state index is -0.344. The second-order valence-corrected chi connectivity index (χ2v) is 18.6. The van der Waals surface area contributed by atoms with Gasteiger partial charge in [0, 0.05) is 23.4 Å². The van der Waals surface area contributed by atoms with Crippen molar-refractivity contribution in [2.45, 2.75) is 131 Å². The molecule has 1 N–H and O–H groups in total. The van der Waals surface area contributed by atoms with Crippen LogP contribution >= 0.6 is 0 Å². The van der Waals surface area contributed by atoms with E-state index in [-0.39, 0.29) is 37.7 Å². The number of nitrogens with one attached hydrogen (secondary N) is 1. The SMILES string of the molecule is CC(C)(C)c1cc(-c2cc(C(C)(C)C)cc(-c3cc(C(C)(C)C)cc(C(C)(C)C)c3)c2Nc2cnccc2[N+](=O)[O-])cc(C(C)(C)C)c1. The summed E-state index contributed by atoms with van der Waals surface area (Å²) in [7, 11) is 0. The zero-order valence-corrected chi connectivity index (χ0v) is 32.1. The highest BCUT2D eigenvalue weighted by atomic mass is 16.6. The van der Waals surface area contributed by atoms with Gasteiger partial charge < -0.3 is 5.32 Å². The van der Waals surface area contributed by atoms with E-state index in [4.69, 9.17) is 0 Å². The second kappa shape index (κ2) is 12.5. The monoisotopic (exact) mass is 647 g/mol. The van der Waals surface area contributed by atoms with Crippen LogP contribution in [-0.2, 0) is 27.1 Å². The number of aromatic nitrogens is 1. The van der Waals surface area contributed by atoms with Crippen LogP contribution in [-0.4, -0.2) is 9.91 Å². The first kappa shape index (κ1) is 36.8. The highest BCUT2D eigenvalue weighted by Crippen LogP contribution is 2.46. The van der Waals surface area contributed by atoms with Crippen LogP contribution in [0.1, 0.15) is 132 Å². The zero-order chi connectivity index (χ0) is 36.2. The number of rotatable bonds is 5. The van der Waals surface area contributed by atoms with Crippen molar-refractivity contribution in [2.24, 2.45) is 0 Å². The molecule has 3 aromatic carbocycles. The van der Waals surface area contributed by atoms with E-state index in [1.54, 1.807) is 6.20 Å². The topological polar surface area (TPSA) is 68.1 Å². The van der Waals surface area contributed by atoms with Crippen molar-refractivity contribution in [3.05, 3.63) is 105 Å². The van der Waals surface area contributed by atoms with Gasteiger partial charge >= 0.3 is 0 Å². The Morgan fingerprint density at radius 3 is 1.19 bits per heavy atom. The van der Waals surface area contributed by atoms with Crippen LogP contribution in [0.15, 0.2) is 67.0 Å². The molecule has 0 amide bonds. The largest absolute Gasteiger partial charge is 0.348 e. The smallest absolute Gasteiger partial charge is 0.295 e. The first-order valence-corrected chi connectivity index (χ1v) is 17.1. The van der Waals surface area contributed by atoms with Crippen molar-refractivity contribution in [3.8, 4) is 22.3 Å². The van der Waals surface area contributed by atoms with Gasteiger partial charge in [-0.25, -0.2) is 0 Å². The zero-order valence-electron chi connectivity index (χ0n) is 32.1. The van der Waals surface area contributed by atoms with E-state index in [1.807, 2.05) is 0 Å². The molecule has 1 heterocycles. The molecule has 4 aromatic rings. The summed E-state index contributed by atoms with van der Waals surface area (Å²) in [6, 6.07) is 19.9. The minimum absolute atomic E-state index is 0.0144. The van der Waals surface area contributed by atoms with Crippen molar-refractivity contribution in [2.75, 3.05) is 5.32 Å².